The molecule has 17 heavy (non-hydrogen) atoms. The summed E-state index contributed by atoms with van der Waals surface area (Å²) in [5, 5.41) is 0. The van der Waals surface area contributed by atoms with Gasteiger partial charge in [0.1, 0.15) is 0 Å². The van der Waals surface area contributed by atoms with Crippen molar-refractivity contribution in [3.8, 4) is 0 Å². The van der Waals surface area contributed by atoms with Crippen molar-refractivity contribution in [2.45, 2.75) is 20.4 Å². The van der Waals surface area contributed by atoms with Crippen LogP contribution in [-0.2, 0) is 6.54 Å². The Morgan fingerprint density at radius 2 is 2.00 bits per heavy atom. The molecule has 0 aliphatic heterocycles. The van der Waals surface area contributed by atoms with E-state index in [-0.39, 0.29) is 5.56 Å². The first-order valence-electron chi connectivity index (χ1n) is 5.59. The first kappa shape index (κ1) is 11.5. The van der Waals surface area contributed by atoms with Crippen molar-refractivity contribution in [3.63, 3.8) is 0 Å². The van der Waals surface area contributed by atoms with Crippen molar-refractivity contribution in [3.05, 3.63) is 63.6 Å². The van der Waals surface area contributed by atoms with Gasteiger partial charge in [-0.25, -0.2) is 0 Å². The molecule has 0 radical (unpaired) electrons. The summed E-state index contributed by atoms with van der Waals surface area (Å²) in [7, 11) is 0. The molecule has 0 amide bonds. The van der Waals surface area contributed by atoms with Crippen molar-refractivity contribution in [1.29, 1.82) is 0 Å². The summed E-state index contributed by atoms with van der Waals surface area (Å²) in [6.07, 6.45) is 1.82. The summed E-state index contributed by atoms with van der Waals surface area (Å²) in [5.74, 6) is 0. The van der Waals surface area contributed by atoms with E-state index in [0.29, 0.717) is 6.54 Å². The fraction of sp³-hybridized carbons (Fsp3) is 0.214. The summed E-state index contributed by atoms with van der Waals surface area (Å²) in [6.45, 7) is 4.46. The maximum atomic E-state index is 11.8. The topological polar surface area (TPSA) is 48.0 Å². The largest absolute Gasteiger partial charge is 0.399 e. The van der Waals surface area contributed by atoms with Gasteiger partial charge < -0.3 is 10.3 Å². The van der Waals surface area contributed by atoms with Crippen molar-refractivity contribution in [2.24, 2.45) is 0 Å². The molecule has 0 saturated heterocycles. The summed E-state index contributed by atoms with van der Waals surface area (Å²) in [6, 6.07) is 9.36. The minimum Gasteiger partial charge on any atom is -0.399 e. The third-order valence-electron chi connectivity index (χ3n) is 2.98. The number of benzene rings is 1. The molecule has 0 aliphatic carbocycles. The standard InChI is InChI=1S/C14H16N2O/c1-10-6-7-16(14(17)8-10)9-12-4-3-5-13(15)11(12)2/h3-8H,9,15H2,1-2H3. The molecule has 0 spiro atoms. The van der Waals surface area contributed by atoms with Gasteiger partial charge in [-0.2, -0.15) is 0 Å². The Balaban J connectivity index is 2.38. The number of pyridine rings is 1. The number of aryl methyl sites for hydroxylation is 1. The number of nitrogens with zero attached hydrogens (tertiary/aromatic N) is 1. The number of rotatable bonds is 2. The Bertz CT molecular complexity index is 599. The van der Waals surface area contributed by atoms with Crippen LogP contribution in [0, 0.1) is 13.8 Å². The van der Waals surface area contributed by atoms with Gasteiger partial charge in [-0.3, -0.25) is 4.79 Å². The van der Waals surface area contributed by atoms with E-state index in [1.807, 2.05) is 44.3 Å². The Morgan fingerprint density at radius 1 is 1.24 bits per heavy atom. The molecule has 2 N–H and O–H groups in total. The molecular formula is C14H16N2O. The van der Waals surface area contributed by atoms with Crippen LogP contribution < -0.4 is 11.3 Å². The minimum atomic E-state index is 0.0202. The molecule has 0 unspecified atom stereocenters. The lowest BCUT2D eigenvalue weighted by Gasteiger charge is -2.10. The van der Waals surface area contributed by atoms with Crippen LogP contribution in [0.4, 0.5) is 5.69 Å². The van der Waals surface area contributed by atoms with Gasteiger partial charge in [0.15, 0.2) is 0 Å². The average molecular weight is 228 g/mol. The Labute approximate surface area is 101 Å². The highest BCUT2D eigenvalue weighted by Gasteiger charge is 2.03. The molecule has 2 rings (SSSR count). The zero-order chi connectivity index (χ0) is 12.4. The first-order valence-corrected chi connectivity index (χ1v) is 5.59. The number of nitrogens with two attached hydrogens (primary N) is 1. The van der Waals surface area contributed by atoms with E-state index in [4.69, 9.17) is 5.73 Å². The highest BCUT2D eigenvalue weighted by Crippen LogP contribution is 2.15. The molecule has 3 heteroatoms. The van der Waals surface area contributed by atoms with Crippen LogP contribution in [0.3, 0.4) is 0 Å². The molecule has 2 aromatic rings. The highest BCUT2D eigenvalue weighted by molar-refractivity contribution is 5.50. The number of anilines is 1. The van der Waals surface area contributed by atoms with Crippen LogP contribution in [0.5, 0.6) is 0 Å². The fourth-order valence-corrected chi connectivity index (χ4v) is 1.80. The van der Waals surface area contributed by atoms with Crippen molar-refractivity contribution in [1.82, 2.24) is 4.57 Å². The molecule has 3 nitrogen and oxygen atoms in total. The molecule has 0 saturated carbocycles. The second kappa shape index (κ2) is 4.45. The molecule has 0 aliphatic rings. The van der Waals surface area contributed by atoms with Crippen molar-refractivity contribution in [2.75, 3.05) is 5.73 Å². The zero-order valence-corrected chi connectivity index (χ0v) is 10.1. The van der Waals surface area contributed by atoms with Crippen LogP contribution in [-0.4, -0.2) is 4.57 Å². The summed E-state index contributed by atoms with van der Waals surface area (Å²) < 4.78 is 1.69. The van der Waals surface area contributed by atoms with Crippen molar-refractivity contribution < 1.29 is 0 Å². The van der Waals surface area contributed by atoms with Gasteiger partial charge >= 0.3 is 0 Å². The van der Waals surface area contributed by atoms with E-state index in [2.05, 4.69) is 0 Å². The molecular weight excluding hydrogens is 212 g/mol. The molecule has 0 bridgehead atoms. The number of hydrogen-bond acceptors (Lipinski definition) is 2. The quantitative estimate of drug-likeness (QED) is 0.800. The third kappa shape index (κ3) is 2.38. The molecule has 1 aromatic carbocycles. The smallest absolute Gasteiger partial charge is 0.251 e. The molecule has 1 aromatic heterocycles. The molecule has 88 valence electrons. The van der Waals surface area contributed by atoms with Gasteiger partial charge in [0.25, 0.3) is 5.56 Å². The second-order valence-electron chi connectivity index (χ2n) is 4.30. The van der Waals surface area contributed by atoms with Crippen LogP contribution in [0.15, 0.2) is 41.3 Å². The Morgan fingerprint density at radius 3 is 2.71 bits per heavy atom. The van der Waals surface area contributed by atoms with Gasteiger partial charge in [0.05, 0.1) is 6.54 Å². The van der Waals surface area contributed by atoms with E-state index < -0.39 is 0 Å². The van der Waals surface area contributed by atoms with Crippen LogP contribution in [0.25, 0.3) is 0 Å². The van der Waals surface area contributed by atoms with Gasteiger partial charge in [0, 0.05) is 18.0 Å². The summed E-state index contributed by atoms with van der Waals surface area (Å²) >= 11 is 0. The lowest BCUT2D eigenvalue weighted by atomic mass is 10.1. The third-order valence-corrected chi connectivity index (χ3v) is 2.98. The first-order chi connectivity index (χ1) is 8.08. The van der Waals surface area contributed by atoms with Gasteiger partial charge in [-0.05, 0) is 42.7 Å². The van der Waals surface area contributed by atoms with Crippen LogP contribution in [0.1, 0.15) is 16.7 Å². The molecule has 1 heterocycles. The Kier molecular flexibility index (Phi) is 3.00. The van der Waals surface area contributed by atoms with E-state index >= 15 is 0 Å². The SMILES string of the molecule is Cc1ccn(Cc2cccc(N)c2C)c(=O)c1. The predicted octanol–water partition coefficient (Wildman–Crippen LogP) is 2.10. The van der Waals surface area contributed by atoms with Crippen LogP contribution >= 0.6 is 0 Å². The fourth-order valence-electron chi connectivity index (χ4n) is 1.80. The molecule has 0 fully saturated rings. The number of hydrogen-bond donors (Lipinski definition) is 1. The summed E-state index contributed by atoms with van der Waals surface area (Å²) in [4.78, 5) is 11.8. The van der Waals surface area contributed by atoms with Crippen LogP contribution in [0.2, 0.25) is 0 Å². The maximum Gasteiger partial charge on any atom is 0.251 e. The summed E-state index contributed by atoms with van der Waals surface area (Å²) in [5.41, 5.74) is 9.74. The van der Waals surface area contributed by atoms with E-state index in [9.17, 15) is 4.79 Å². The number of nitrogen functional groups attached to an aromatic ring is 1. The predicted molar refractivity (Wildman–Crippen MR) is 70.1 cm³/mol. The maximum absolute atomic E-state index is 11.8. The Hall–Kier alpha value is -2.03. The van der Waals surface area contributed by atoms with Gasteiger partial charge in [0.2, 0.25) is 0 Å². The average Bonchev–Trinajstić information content (AvgIpc) is 2.28. The monoisotopic (exact) mass is 228 g/mol. The highest BCUT2D eigenvalue weighted by atomic mass is 16.1. The minimum absolute atomic E-state index is 0.0202. The normalized spacial score (nSPS) is 10.5. The van der Waals surface area contributed by atoms with E-state index in [1.165, 1.54) is 0 Å². The molecule has 0 atom stereocenters. The van der Waals surface area contributed by atoms with Crippen molar-refractivity contribution >= 4 is 5.69 Å². The zero-order valence-electron chi connectivity index (χ0n) is 10.1. The van der Waals surface area contributed by atoms with E-state index in [1.54, 1.807) is 10.6 Å². The van der Waals surface area contributed by atoms with Gasteiger partial charge in [-0.1, -0.05) is 12.1 Å². The lowest BCUT2D eigenvalue weighted by molar-refractivity contribution is 0.753. The lowest BCUT2D eigenvalue weighted by Crippen LogP contribution is -2.19. The number of aromatic nitrogens is 1. The van der Waals surface area contributed by atoms with Gasteiger partial charge in [-0.15, -0.1) is 0 Å². The second-order valence-corrected chi connectivity index (χ2v) is 4.30. The van der Waals surface area contributed by atoms with E-state index in [0.717, 1.165) is 22.4 Å².